The van der Waals surface area contributed by atoms with Crippen molar-refractivity contribution in [1.82, 2.24) is 4.90 Å². The number of hydrogen-bond acceptors (Lipinski definition) is 19. The molecule has 0 radical (unpaired) electrons. The summed E-state index contributed by atoms with van der Waals surface area (Å²) in [6.45, 7) is 13.5. The number of aliphatic hydroxyl groups is 1. The third kappa shape index (κ3) is 10.8. The van der Waals surface area contributed by atoms with Gasteiger partial charge in [0.1, 0.15) is 52.2 Å². The average Bonchev–Trinajstić information content (AvgIpc) is 3.03. The number of ether oxygens (including phenoxy) is 9. The molecule has 6 fully saturated rings. The van der Waals surface area contributed by atoms with E-state index in [1.807, 2.05) is 6.07 Å². The molecule has 1 amide bonds. The van der Waals surface area contributed by atoms with Crippen molar-refractivity contribution < 1.29 is 71.7 Å². The van der Waals surface area contributed by atoms with Crippen LogP contribution in [0, 0.1) is 16.7 Å². The van der Waals surface area contributed by atoms with Gasteiger partial charge in [-0.25, -0.2) is 14.4 Å². The van der Waals surface area contributed by atoms with E-state index < -0.39 is 117 Å². The van der Waals surface area contributed by atoms with Crippen LogP contribution in [-0.4, -0.2) is 139 Å². The number of benzene rings is 3. The minimum atomic E-state index is -2.24. The number of carbonyl (C=O) groups excluding carboxylic acids is 5. The fourth-order valence-corrected chi connectivity index (χ4v) is 18.0. The van der Waals surface area contributed by atoms with Crippen molar-refractivity contribution in [2.75, 3.05) is 36.7 Å². The van der Waals surface area contributed by atoms with Gasteiger partial charge in [-0.15, -0.1) is 47.0 Å². The zero-order chi connectivity index (χ0) is 56.2. The number of carbonyl (C=O) groups is 5. The Balaban J connectivity index is 1.15. The second kappa shape index (κ2) is 22.8. The number of thioether (sulfide) groups is 4. The van der Waals surface area contributed by atoms with E-state index in [0.29, 0.717) is 28.0 Å². The number of esters is 3. The minimum absolute atomic E-state index is 0.143. The van der Waals surface area contributed by atoms with Gasteiger partial charge in [0, 0.05) is 30.7 Å². The van der Waals surface area contributed by atoms with Crippen LogP contribution in [0.15, 0.2) is 96.1 Å². The molecule has 0 unspecified atom stereocenters. The first-order chi connectivity index (χ1) is 37.6. The summed E-state index contributed by atoms with van der Waals surface area (Å²) in [4.78, 5) is 77.2. The molecule has 20 heteroatoms. The lowest BCUT2D eigenvalue weighted by Gasteiger charge is -2.68. The van der Waals surface area contributed by atoms with Crippen LogP contribution in [0.4, 0.5) is 4.79 Å². The van der Waals surface area contributed by atoms with Gasteiger partial charge in [-0.2, -0.15) is 0 Å². The van der Waals surface area contributed by atoms with Gasteiger partial charge in [0.25, 0.3) is 0 Å². The molecular formula is C59H71NO15S4. The monoisotopic (exact) mass is 1160 g/mol. The molecule has 2 saturated carbocycles. The molecule has 0 aromatic heterocycles. The van der Waals surface area contributed by atoms with Gasteiger partial charge >= 0.3 is 24.0 Å². The third-order valence-corrected chi connectivity index (χ3v) is 22.0. The van der Waals surface area contributed by atoms with E-state index >= 15 is 9.59 Å². The largest absolute Gasteiger partial charge is 0.497 e. The molecule has 79 heavy (non-hydrogen) atoms. The average molecular weight is 1160 g/mol. The predicted molar refractivity (Wildman–Crippen MR) is 301 cm³/mol. The highest BCUT2D eigenvalue weighted by Gasteiger charge is 2.79. The fraction of sp³-hybridized carbons (Fsp3) is 0.576. The smallest absolute Gasteiger partial charge is 0.413 e. The first-order valence-corrected chi connectivity index (χ1v) is 31.2. The van der Waals surface area contributed by atoms with Crippen molar-refractivity contribution in [1.29, 1.82) is 0 Å². The summed E-state index contributed by atoms with van der Waals surface area (Å²) >= 11 is 6.42. The highest BCUT2D eigenvalue weighted by Crippen LogP contribution is 2.66. The van der Waals surface area contributed by atoms with E-state index in [1.165, 1.54) is 11.8 Å². The third-order valence-electron chi connectivity index (χ3n) is 16.7. The maximum atomic E-state index is 16.9. The van der Waals surface area contributed by atoms with E-state index in [1.54, 1.807) is 181 Å². The van der Waals surface area contributed by atoms with Gasteiger partial charge in [0.05, 0.1) is 36.7 Å². The Morgan fingerprint density at radius 3 is 1.97 bits per heavy atom. The number of hydrogen-bond donors (Lipinski definition) is 1. The number of ketones is 1. The first kappa shape index (κ1) is 58.0. The Morgan fingerprint density at radius 2 is 1.41 bits per heavy atom. The molecule has 16 nitrogen and oxygen atoms in total. The molecule has 7 aliphatic rings. The zero-order valence-corrected chi connectivity index (χ0v) is 49.3. The van der Waals surface area contributed by atoms with Crippen LogP contribution in [0.2, 0.25) is 0 Å². The summed E-state index contributed by atoms with van der Waals surface area (Å²) in [5, 5.41) is 14.6. The second-order valence-electron chi connectivity index (χ2n) is 23.0. The van der Waals surface area contributed by atoms with Crippen molar-refractivity contribution in [2.45, 2.75) is 156 Å². The highest BCUT2D eigenvalue weighted by molar-refractivity contribution is 8.17. The molecule has 0 spiro atoms. The molecule has 426 valence electrons. The van der Waals surface area contributed by atoms with Crippen LogP contribution in [0.5, 0.6) is 5.75 Å². The van der Waals surface area contributed by atoms with Crippen molar-refractivity contribution in [3.8, 4) is 5.75 Å². The minimum Gasteiger partial charge on any atom is -0.497 e. The summed E-state index contributed by atoms with van der Waals surface area (Å²) in [5.41, 5.74) is -5.98. The van der Waals surface area contributed by atoms with Crippen LogP contribution < -0.4 is 4.74 Å². The summed E-state index contributed by atoms with van der Waals surface area (Å²) in [6, 6.07) is 23.2. The lowest BCUT2D eigenvalue weighted by atomic mass is 9.44. The standard InChI is InChI=1S/C59H71NO15S4/c1-33-39(69-51(64)45-43(35-18-12-10-13-19-35)60(52(65)75-55(3,4)5)49(71-45)36-22-24-38(67-9)25-23-36)31-59(66)48(73-50(63)37-20-14-11-15-21-37)46-57(8,47(62)44(42(33)56(59,6)7)72-54-78-28-17-29-79-54)40(70-53-76-26-16-27-77-53)30-41-58(46,32-68-41)74-34(2)61/h10-15,18-25,39-41,43-46,48-49,53-54,66H,16-17,26-32H2,1-9H3/t39-,40-,41+,43-,44+,45+,46-,48-,49+,57+,58-,59+/m0/s1. The Bertz CT molecular complexity index is 2790. The molecular weight excluding hydrogens is 1090 g/mol. The molecule has 1 N–H and O–H groups in total. The Kier molecular flexibility index (Phi) is 16.8. The van der Waals surface area contributed by atoms with Gasteiger partial charge in [0.2, 0.25) is 0 Å². The molecule has 4 heterocycles. The first-order valence-electron chi connectivity index (χ1n) is 27.0. The van der Waals surface area contributed by atoms with E-state index in [-0.39, 0.29) is 29.8 Å². The van der Waals surface area contributed by atoms with E-state index in [0.717, 1.165) is 35.9 Å². The van der Waals surface area contributed by atoms with Gasteiger partial charge < -0.3 is 47.7 Å². The van der Waals surface area contributed by atoms with Crippen LogP contribution >= 0.6 is 47.0 Å². The molecule has 4 aliphatic heterocycles. The number of Topliss-reactive ketones (excluding diaryl/α,β-unsaturated/α-hetero) is 1. The Hall–Kier alpha value is -4.25. The number of methoxy groups -OCH3 is 1. The summed E-state index contributed by atoms with van der Waals surface area (Å²) in [7, 11) is 1.54. The van der Waals surface area contributed by atoms with Crippen molar-refractivity contribution in [2.24, 2.45) is 16.7 Å². The molecule has 3 aromatic rings. The zero-order valence-electron chi connectivity index (χ0n) is 46.0. The van der Waals surface area contributed by atoms with Crippen molar-refractivity contribution in [3.63, 3.8) is 0 Å². The fourth-order valence-electron chi connectivity index (χ4n) is 12.9. The molecule has 10 rings (SSSR count). The highest BCUT2D eigenvalue weighted by atomic mass is 32.2. The maximum absolute atomic E-state index is 16.9. The molecule has 3 aromatic carbocycles. The molecule has 3 aliphatic carbocycles. The van der Waals surface area contributed by atoms with Crippen LogP contribution in [0.25, 0.3) is 0 Å². The quantitative estimate of drug-likeness (QED) is 0.102. The lowest BCUT2D eigenvalue weighted by molar-refractivity contribution is -0.348. The van der Waals surface area contributed by atoms with E-state index in [2.05, 4.69) is 0 Å². The Labute approximate surface area is 479 Å². The molecule has 12 atom stereocenters. The number of nitrogens with zero attached hydrogens (tertiary/aromatic N) is 1. The van der Waals surface area contributed by atoms with Gasteiger partial charge in [0.15, 0.2) is 28.5 Å². The lowest BCUT2D eigenvalue weighted by Crippen LogP contribution is -2.82. The normalized spacial score (nSPS) is 33.7. The van der Waals surface area contributed by atoms with E-state index in [4.69, 9.17) is 42.6 Å². The Morgan fingerprint density at radius 1 is 0.797 bits per heavy atom. The second-order valence-corrected chi connectivity index (χ2v) is 28.3. The summed E-state index contributed by atoms with van der Waals surface area (Å²) < 4.78 is 58.2. The number of fused-ring (bicyclic) bond motifs is 5. The number of rotatable bonds is 12. The maximum Gasteiger partial charge on any atom is 0.413 e. The molecule has 2 bridgehead atoms. The summed E-state index contributed by atoms with van der Waals surface area (Å²) in [5.74, 6) is -0.296. The van der Waals surface area contributed by atoms with Crippen molar-refractivity contribution >= 4 is 76.8 Å². The van der Waals surface area contributed by atoms with Crippen LogP contribution in [-0.2, 0) is 52.3 Å². The van der Waals surface area contributed by atoms with Gasteiger partial charge in [-0.1, -0.05) is 74.5 Å². The van der Waals surface area contributed by atoms with Crippen molar-refractivity contribution in [3.05, 3.63) is 113 Å². The SMILES string of the molecule is COc1ccc([C@H]2O[C@@H](C(=O)O[C@H]3C[C@@]4(O)[C@@H](OC(=O)c5ccccc5)[C@@H]5[C@]6(OC(C)=O)CO[C@@H]6C[C@H](OC6SCCCS6)[C@@]5(C)C(=O)[C@H](OC5SCCCS5)C(=C3C)C4(C)C)[C@H](c3ccccc3)N2C(=O)OC(C)(C)C)cc1. The number of amides is 1. The van der Waals surface area contributed by atoms with Gasteiger partial charge in [-0.3, -0.25) is 14.5 Å². The van der Waals surface area contributed by atoms with E-state index in [9.17, 15) is 19.5 Å². The van der Waals surface area contributed by atoms with Crippen LogP contribution in [0.3, 0.4) is 0 Å². The predicted octanol–water partition coefficient (Wildman–Crippen LogP) is 10.1. The topological polar surface area (TPSA) is 192 Å². The van der Waals surface area contributed by atoms with Crippen LogP contribution in [0.1, 0.15) is 115 Å². The molecule has 4 saturated heterocycles. The summed E-state index contributed by atoms with van der Waals surface area (Å²) in [6.07, 6.45) is -7.86. The van der Waals surface area contributed by atoms with Gasteiger partial charge in [-0.05, 0) is 111 Å².